The lowest BCUT2D eigenvalue weighted by Crippen LogP contribution is -2.55. The van der Waals surface area contributed by atoms with Gasteiger partial charge in [0.05, 0.1) is 11.1 Å². The lowest BCUT2D eigenvalue weighted by atomic mass is 9.82. The molecule has 0 saturated carbocycles. The first-order valence-corrected chi connectivity index (χ1v) is 8.28. The molecule has 118 valence electrons. The number of hydrogen-bond donors (Lipinski definition) is 1. The molecule has 1 heterocycles. The van der Waals surface area contributed by atoms with E-state index in [1.807, 2.05) is 0 Å². The number of aliphatic hydroxyl groups excluding tert-OH is 1. The van der Waals surface area contributed by atoms with Crippen LogP contribution in [-0.2, 0) is 6.42 Å². The van der Waals surface area contributed by atoms with Crippen molar-refractivity contribution in [1.29, 1.82) is 0 Å². The van der Waals surface area contributed by atoms with Crippen LogP contribution in [0.15, 0.2) is 18.2 Å². The van der Waals surface area contributed by atoms with Gasteiger partial charge in [-0.25, -0.2) is 4.39 Å². The van der Waals surface area contributed by atoms with Crippen LogP contribution in [0, 0.1) is 5.82 Å². The fourth-order valence-electron chi connectivity index (χ4n) is 3.62. The van der Waals surface area contributed by atoms with Gasteiger partial charge in [-0.2, -0.15) is 0 Å². The molecule has 1 aliphatic rings. The van der Waals surface area contributed by atoms with E-state index in [2.05, 4.69) is 18.7 Å². The van der Waals surface area contributed by atoms with Gasteiger partial charge < -0.3 is 5.11 Å². The molecule has 1 aromatic rings. The van der Waals surface area contributed by atoms with Crippen LogP contribution in [0.1, 0.15) is 45.1 Å². The van der Waals surface area contributed by atoms with E-state index < -0.39 is 11.9 Å². The van der Waals surface area contributed by atoms with Crippen LogP contribution in [0.2, 0.25) is 5.02 Å². The van der Waals surface area contributed by atoms with Crippen LogP contribution in [0.4, 0.5) is 4.39 Å². The van der Waals surface area contributed by atoms with Crippen molar-refractivity contribution in [2.75, 3.05) is 13.1 Å². The third-order valence-corrected chi connectivity index (χ3v) is 5.30. The predicted octanol–water partition coefficient (Wildman–Crippen LogP) is 4.04. The van der Waals surface area contributed by atoms with Crippen molar-refractivity contribution in [3.63, 3.8) is 0 Å². The van der Waals surface area contributed by atoms with Crippen molar-refractivity contribution in [1.82, 2.24) is 4.90 Å². The highest BCUT2D eigenvalue weighted by atomic mass is 35.5. The highest BCUT2D eigenvalue weighted by Crippen LogP contribution is 2.33. The second-order valence-corrected chi connectivity index (χ2v) is 6.38. The Morgan fingerprint density at radius 3 is 2.43 bits per heavy atom. The number of nitrogens with zero attached hydrogens (tertiary/aromatic N) is 1. The third-order valence-electron chi connectivity index (χ3n) is 4.99. The molecule has 2 nitrogen and oxygen atoms in total. The van der Waals surface area contributed by atoms with Crippen molar-refractivity contribution in [3.8, 4) is 0 Å². The van der Waals surface area contributed by atoms with E-state index in [9.17, 15) is 9.50 Å². The van der Waals surface area contributed by atoms with E-state index in [4.69, 9.17) is 11.6 Å². The zero-order chi connectivity index (χ0) is 15.5. The zero-order valence-electron chi connectivity index (χ0n) is 12.9. The van der Waals surface area contributed by atoms with E-state index in [1.165, 1.54) is 18.9 Å². The maximum absolute atomic E-state index is 13.6. The molecule has 0 spiro atoms. The van der Waals surface area contributed by atoms with Gasteiger partial charge in [-0.1, -0.05) is 31.5 Å². The van der Waals surface area contributed by atoms with Gasteiger partial charge in [-0.3, -0.25) is 4.90 Å². The first-order valence-electron chi connectivity index (χ1n) is 7.90. The van der Waals surface area contributed by atoms with E-state index in [1.54, 1.807) is 12.1 Å². The van der Waals surface area contributed by atoms with Crippen molar-refractivity contribution in [2.24, 2.45) is 0 Å². The average molecular weight is 314 g/mol. The number of halogens is 2. The van der Waals surface area contributed by atoms with Crippen molar-refractivity contribution < 1.29 is 9.50 Å². The van der Waals surface area contributed by atoms with Gasteiger partial charge in [-0.05, 0) is 56.5 Å². The summed E-state index contributed by atoms with van der Waals surface area (Å²) >= 11 is 5.72. The van der Waals surface area contributed by atoms with Crippen LogP contribution >= 0.6 is 11.6 Å². The Morgan fingerprint density at radius 1 is 1.29 bits per heavy atom. The molecule has 2 rings (SSSR count). The summed E-state index contributed by atoms with van der Waals surface area (Å²) in [5, 5.41) is 11.0. The van der Waals surface area contributed by atoms with Gasteiger partial charge in [0.1, 0.15) is 5.82 Å². The Bertz CT molecular complexity index is 470. The summed E-state index contributed by atoms with van der Waals surface area (Å²) in [6.07, 6.45) is 4.17. The number of benzene rings is 1. The molecule has 1 fully saturated rings. The lowest BCUT2D eigenvalue weighted by Gasteiger charge is -2.44. The zero-order valence-corrected chi connectivity index (χ0v) is 13.7. The first-order chi connectivity index (χ1) is 10.0. The van der Waals surface area contributed by atoms with Crippen molar-refractivity contribution in [3.05, 3.63) is 34.6 Å². The molecule has 0 amide bonds. The SMILES string of the molecule is CCC(CC)(C(O)Cc1ccc(Cl)c(F)c1)N1CCCC1. The second-order valence-electron chi connectivity index (χ2n) is 5.97. The molecule has 4 heteroatoms. The minimum absolute atomic E-state index is 0.130. The summed E-state index contributed by atoms with van der Waals surface area (Å²) in [4.78, 5) is 2.42. The summed E-state index contributed by atoms with van der Waals surface area (Å²) in [6, 6.07) is 4.80. The highest BCUT2D eigenvalue weighted by Gasteiger charge is 2.41. The molecule has 0 radical (unpaired) electrons. The van der Waals surface area contributed by atoms with E-state index in [-0.39, 0.29) is 10.6 Å². The van der Waals surface area contributed by atoms with Crippen molar-refractivity contribution >= 4 is 11.6 Å². The third kappa shape index (κ3) is 3.41. The topological polar surface area (TPSA) is 23.5 Å². The van der Waals surface area contributed by atoms with Crippen LogP contribution in [-0.4, -0.2) is 34.7 Å². The van der Waals surface area contributed by atoms with Crippen LogP contribution in [0.3, 0.4) is 0 Å². The maximum Gasteiger partial charge on any atom is 0.142 e. The fourth-order valence-corrected chi connectivity index (χ4v) is 3.74. The number of likely N-dealkylation sites (tertiary alicyclic amines) is 1. The quantitative estimate of drug-likeness (QED) is 0.857. The molecule has 1 aliphatic heterocycles. The molecule has 0 aromatic heterocycles. The van der Waals surface area contributed by atoms with Crippen molar-refractivity contribution in [2.45, 2.75) is 57.6 Å². The molecule has 0 aliphatic carbocycles. The monoisotopic (exact) mass is 313 g/mol. The number of hydrogen-bond acceptors (Lipinski definition) is 2. The average Bonchev–Trinajstić information content (AvgIpc) is 3.00. The maximum atomic E-state index is 13.6. The largest absolute Gasteiger partial charge is 0.391 e. The number of aliphatic hydroxyl groups is 1. The summed E-state index contributed by atoms with van der Waals surface area (Å²) in [7, 11) is 0. The molecular weight excluding hydrogens is 289 g/mol. The van der Waals surface area contributed by atoms with Crippen LogP contribution in [0.5, 0.6) is 0 Å². The van der Waals surface area contributed by atoms with Gasteiger partial charge >= 0.3 is 0 Å². The highest BCUT2D eigenvalue weighted by molar-refractivity contribution is 6.30. The van der Waals surface area contributed by atoms with E-state index in [0.29, 0.717) is 6.42 Å². The first kappa shape index (κ1) is 16.7. The summed E-state index contributed by atoms with van der Waals surface area (Å²) in [5.41, 5.74) is 0.599. The molecule has 1 saturated heterocycles. The minimum atomic E-state index is -0.494. The Hall–Kier alpha value is -0.640. The minimum Gasteiger partial charge on any atom is -0.391 e. The van der Waals surface area contributed by atoms with Crippen LogP contribution < -0.4 is 0 Å². The van der Waals surface area contributed by atoms with E-state index in [0.717, 1.165) is 31.5 Å². The lowest BCUT2D eigenvalue weighted by molar-refractivity contribution is -0.0270. The van der Waals surface area contributed by atoms with Gasteiger partial charge in [0.2, 0.25) is 0 Å². The number of rotatable bonds is 6. The Morgan fingerprint density at radius 2 is 1.90 bits per heavy atom. The summed E-state index contributed by atoms with van der Waals surface area (Å²) in [5.74, 6) is -0.416. The summed E-state index contributed by atoms with van der Waals surface area (Å²) < 4.78 is 13.6. The van der Waals surface area contributed by atoms with Gasteiger partial charge in [-0.15, -0.1) is 0 Å². The summed E-state index contributed by atoms with van der Waals surface area (Å²) in [6.45, 7) is 6.36. The molecule has 1 atom stereocenters. The normalized spacial score (nSPS) is 18.1. The van der Waals surface area contributed by atoms with Gasteiger partial charge in [0.15, 0.2) is 0 Å². The molecule has 21 heavy (non-hydrogen) atoms. The standard InChI is InChI=1S/C17H25ClFNO/c1-3-17(4-2,20-9-5-6-10-20)16(21)12-13-7-8-14(18)15(19)11-13/h7-8,11,16,21H,3-6,9-10,12H2,1-2H3. The molecule has 0 bridgehead atoms. The Kier molecular flexibility index (Phi) is 5.64. The molecule has 1 N–H and O–H groups in total. The predicted molar refractivity (Wildman–Crippen MR) is 85.2 cm³/mol. The van der Waals surface area contributed by atoms with Gasteiger partial charge in [0.25, 0.3) is 0 Å². The van der Waals surface area contributed by atoms with E-state index >= 15 is 0 Å². The molecular formula is C17H25ClFNO. The fraction of sp³-hybridized carbons (Fsp3) is 0.647. The Balaban J connectivity index is 2.17. The molecule has 1 aromatic carbocycles. The van der Waals surface area contributed by atoms with Gasteiger partial charge in [0, 0.05) is 12.0 Å². The molecule has 1 unspecified atom stereocenters. The van der Waals surface area contributed by atoms with Crippen LogP contribution in [0.25, 0.3) is 0 Å². The second kappa shape index (κ2) is 7.08. The Labute approximate surface area is 131 Å². The smallest absolute Gasteiger partial charge is 0.142 e.